The molecule has 0 bridgehead atoms. The topological polar surface area (TPSA) is 32.3 Å². The van der Waals surface area contributed by atoms with Gasteiger partial charge in [-0.15, -0.1) is 0 Å². The number of hydrogen-bond acceptors (Lipinski definition) is 2. The predicted octanol–water partition coefficient (Wildman–Crippen LogP) is 2.47. The van der Waals surface area contributed by atoms with Crippen LogP contribution in [0.2, 0.25) is 0 Å². The first-order valence-electron chi connectivity index (χ1n) is 5.86. The summed E-state index contributed by atoms with van der Waals surface area (Å²) in [5.41, 5.74) is 1.24. The molecular formula is C13H19NO. The molecule has 0 spiro atoms. The summed E-state index contributed by atoms with van der Waals surface area (Å²) in [6.07, 6.45) is 6.23. The molecule has 2 rings (SSSR count). The predicted molar refractivity (Wildman–Crippen MR) is 62.1 cm³/mol. The molecule has 0 radical (unpaired) electrons. The van der Waals surface area contributed by atoms with Crippen LogP contribution in [-0.2, 0) is 6.42 Å². The van der Waals surface area contributed by atoms with E-state index in [1.165, 1.54) is 37.8 Å². The van der Waals surface area contributed by atoms with Crippen LogP contribution >= 0.6 is 0 Å². The molecule has 0 unspecified atom stereocenters. The summed E-state index contributed by atoms with van der Waals surface area (Å²) in [4.78, 5) is 0. The highest BCUT2D eigenvalue weighted by Gasteiger charge is 2.11. The standard InChI is InChI=1S/C13H19NO/c15-13-6-3-4-11(10-13)7-8-12-5-1-2-9-14-12/h3-4,6,10,12,14-15H,1-2,5,7-9H2/t12-/m1/s1. The second-order valence-electron chi connectivity index (χ2n) is 4.36. The van der Waals surface area contributed by atoms with E-state index in [1.807, 2.05) is 12.1 Å². The van der Waals surface area contributed by atoms with Gasteiger partial charge in [-0.05, 0) is 49.9 Å². The zero-order valence-electron chi connectivity index (χ0n) is 9.08. The maximum Gasteiger partial charge on any atom is 0.115 e. The van der Waals surface area contributed by atoms with Crippen molar-refractivity contribution in [1.29, 1.82) is 0 Å². The Bertz CT molecular complexity index is 305. The monoisotopic (exact) mass is 205 g/mol. The fourth-order valence-corrected chi connectivity index (χ4v) is 2.22. The van der Waals surface area contributed by atoms with Crippen molar-refractivity contribution in [2.45, 2.75) is 38.1 Å². The number of benzene rings is 1. The van der Waals surface area contributed by atoms with Crippen molar-refractivity contribution >= 4 is 0 Å². The number of phenolic OH excluding ortho intramolecular Hbond substituents is 1. The summed E-state index contributed by atoms with van der Waals surface area (Å²) >= 11 is 0. The van der Waals surface area contributed by atoms with Gasteiger partial charge in [0.2, 0.25) is 0 Å². The first-order valence-corrected chi connectivity index (χ1v) is 5.86. The van der Waals surface area contributed by atoms with E-state index in [0.717, 1.165) is 6.42 Å². The SMILES string of the molecule is Oc1cccc(CC[C@H]2CCCCN2)c1. The second kappa shape index (κ2) is 5.17. The number of hydrogen-bond donors (Lipinski definition) is 2. The van der Waals surface area contributed by atoms with Gasteiger partial charge in [0.15, 0.2) is 0 Å². The summed E-state index contributed by atoms with van der Waals surface area (Å²) in [5.74, 6) is 0.379. The van der Waals surface area contributed by atoms with Crippen molar-refractivity contribution in [3.63, 3.8) is 0 Å². The van der Waals surface area contributed by atoms with Gasteiger partial charge >= 0.3 is 0 Å². The van der Waals surface area contributed by atoms with Crippen LogP contribution in [-0.4, -0.2) is 17.7 Å². The largest absolute Gasteiger partial charge is 0.508 e. The Labute approximate surface area is 91.3 Å². The van der Waals surface area contributed by atoms with Gasteiger partial charge in [-0.1, -0.05) is 18.6 Å². The molecule has 1 heterocycles. The van der Waals surface area contributed by atoms with E-state index in [1.54, 1.807) is 6.07 Å². The molecule has 1 aliphatic heterocycles. The fourth-order valence-electron chi connectivity index (χ4n) is 2.22. The van der Waals surface area contributed by atoms with Crippen molar-refractivity contribution in [2.24, 2.45) is 0 Å². The maximum absolute atomic E-state index is 9.33. The Hall–Kier alpha value is -1.02. The average Bonchev–Trinajstić information content (AvgIpc) is 2.28. The molecular weight excluding hydrogens is 186 g/mol. The third-order valence-corrected chi connectivity index (χ3v) is 3.10. The van der Waals surface area contributed by atoms with E-state index in [0.29, 0.717) is 11.8 Å². The van der Waals surface area contributed by atoms with Crippen LogP contribution < -0.4 is 5.32 Å². The van der Waals surface area contributed by atoms with Crippen molar-refractivity contribution in [3.05, 3.63) is 29.8 Å². The van der Waals surface area contributed by atoms with Crippen molar-refractivity contribution < 1.29 is 5.11 Å². The lowest BCUT2D eigenvalue weighted by atomic mass is 9.98. The van der Waals surface area contributed by atoms with Gasteiger partial charge in [-0.3, -0.25) is 0 Å². The summed E-state index contributed by atoms with van der Waals surface area (Å²) in [6.45, 7) is 1.17. The van der Waals surface area contributed by atoms with Gasteiger partial charge < -0.3 is 10.4 Å². The zero-order chi connectivity index (χ0) is 10.5. The Balaban J connectivity index is 1.81. The first-order chi connectivity index (χ1) is 7.34. The fraction of sp³-hybridized carbons (Fsp3) is 0.538. The quantitative estimate of drug-likeness (QED) is 0.794. The van der Waals surface area contributed by atoms with Crippen LogP contribution in [0.25, 0.3) is 0 Å². The minimum absolute atomic E-state index is 0.379. The van der Waals surface area contributed by atoms with Gasteiger partial charge in [-0.2, -0.15) is 0 Å². The van der Waals surface area contributed by atoms with Crippen LogP contribution in [0.15, 0.2) is 24.3 Å². The molecule has 15 heavy (non-hydrogen) atoms. The zero-order valence-corrected chi connectivity index (χ0v) is 9.08. The third-order valence-electron chi connectivity index (χ3n) is 3.10. The summed E-state index contributed by atoms with van der Waals surface area (Å²) < 4.78 is 0. The lowest BCUT2D eigenvalue weighted by Crippen LogP contribution is -2.34. The summed E-state index contributed by atoms with van der Waals surface area (Å²) in [5, 5.41) is 12.9. The van der Waals surface area contributed by atoms with Crippen LogP contribution in [0.1, 0.15) is 31.2 Å². The Morgan fingerprint density at radius 1 is 1.33 bits per heavy atom. The molecule has 1 atom stereocenters. The van der Waals surface area contributed by atoms with Crippen LogP contribution in [0.5, 0.6) is 5.75 Å². The minimum Gasteiger partial charge on any atom is -0.508 e. The van der Waals surface area contributed by atoms with E-state index in [-0.39, 0.29) is 0 Å². The highest BCUT2D eigenvalue weighted by molar-refractivity contribution is 5.27. The normalized spacial score (nSPS) is 21.5. The Kier molecular flexibility index (Phi) is 3.62. The van der Waals surface area contributed by atoms with Gasteiger partial charge in [0, 0.05) is 6.04 Å². The number of piperidine rings is 1. The van der Waals surface area contributed by atoms with Crippen LogP contribution in [0.4, 0.5) is 0 Å². The minimum atomic E-state index is 0.379. The second-order valence-corrected chi connectivity index (χ2v) is 4.36. The Morgan fingerprint density at radius 3 is 3.00 bits per heavy atom. The molecule has 0 amide bonds. The molecule has 1 aromatic rings. The van der Waals surface area contributed by atoms with Crippen molar-refractivity contribution in [1.82, 2.24) is 5.32 Å². The smallest absolute Gasteiger partial charge is 0.115 e. The number of phenols is 1. The van der Waals surface area contributed by atoms with Gasteiger partial charge in [0.25, 0.3) is 0 Å². The number of rotatable bonds is 3. The number of aromatic hydroxyl groups is 1. The summed E-state index contributed by atoms with van der Waals surface area (Å²) in [7, 11) is 0. The summed E-state index contributed by atoms with van der Waals surface area (Å²) in [6, 6.07) is 8.27. The number of nitrogens with one attached hydrogen (secondary N) is 1. The Morgan fingerprint density at radius 2 is 2.27 bits per heavy atom. The van der Waals surface area contributed by atoms with E-state index < -0.39 is 0 Å². The molecule has 1 aromatic carbocycles. The maximum atomic E-state index is 9.33. The van der Waals surface area contributed by atoms with Gasteiger partial charge in [0.05, 0.1) is 0 Å². The molecule has 1 saturated heterocycles. The average molecular weight is 205 g/mol. The molecule has 2 N–H and O–H groups in total. The molecule has 2 nitrogen and oxygen atoms in total. The molecule has 82 valence electrons. The molecule has 1 fully saturated rings. The lowest BCUT2D eigenvalue weighted by Gasteiger charge is -2.23. The highest BCUT2D eigenvalue weighted by atomic mass is 16.3. The molecule has 1 aliphatic rings. The molecule has 0 aliphatic carbocycles. The third kappa shape index (κ3) is 3.24. The van der Waals surface area contributed by atoms with E-state index in [2.05, 4.69) is 11.4 Å². The molecule has 2 heteroatoms. The van der Waals surface area contributed by atoms with Crippen LogP contribution in [0.3, 0.4) is 0 Å². The molecule has 0 saturated carbocycles. The van der Waals surface area contributed by atoms with Crippen molar-refractivity contribution in [2.75, 3.05) is 6.54 Å². The number of aryl methyl sites for hydroxylation is 1. The first kappa shape index (κ1) is 10.5. The van der Waals surface area contributed by atoms with Gasteiger partial charge in [0.1, 0.15) is 5.75 Å². The highest BCUT2D eigenvalue weighted by Crippen LogP contribution is 2.16. The van der Waals surface area contributed by atoms with E-state index >= 15 is 0 Å². The van der Waals surface area contributed by atoms with Crippen LogP contribution in [0, 0.1) is 0 Å². The molecule has 0 aromatic heterocycles. The van der Waals surface area contributed by atoms with E-state index in [9.17, 15) is 5.11 Å². The van der Waals surface area contributed by atoms with E-state index in [4.69, 9.17) is 0 Å². The van der Waals surface area contributed by atoms with Gasteiger partial charge in [-0.25, -0.2) is 0 Å². The van der Waals surface area contributed by atoms with Crippen molar-refractivity contribution in [3.8, 4) is 5.75 Å². The lowest BCUT2D eigenvalue weighted by molar-refractivity contribution is 0.382.